The van der Waals surface area contributed by atoms with Gasteiger partial charge in [-0.15, -0.1) is 0 Å². The summed E-state index contributed by atoms with van der Waals surface area (Å²) in [6.45, 7) is 5.12. The van der Waals surface area contributed by atoms with Gasteiger partial charge in [0.05, 0.1) is 0 Å². The summed E-state index contributed by atoms with van der Waals surface area (Å²) >= 11 is 0. The lowest BCUT2D eigenvalue weighted by Crippen LogP contribution is -2.59. The largest absolute Gasteiger partial charge is 0.370 e. The van der Waals surface area contributed by atoms with Crippen LogP contribution in [0.25, 0.3) is 10.9 Å². The number of nitrogens with one attached hydrogen (secondary N) is 9. The second-order valence-corrected chi connectivity index (χ2v) is 17.2. The predicted molar refractivity (Wildman–Crippen MR) is 267 cm³/mol. The number of amides is 9. The molecule has 1 aromatic heterocycles. The Labute approximate surface area is 413 Å². The average Bonchev–Trinajstić information content (AvgIpc) is 3.74. The molecular weight excluding hydrogens is 917 g/mol. The van der Waals surface area contributed by atoms with Crippen LogP contribution in [-0.4, -0.2) is 127 Å². The molecule has 71 heavy (non-hydrogen) atoms. The first kappa shape index (κ1) is 57.8. The van der Waals surface area contributed by atoms with Gasteiger partial charge in [-0.2, -0.15) is 0 Å². The third-order valence-corrected chi connectivity index (χ3v) is 11.4. The molecule has 3 unspecified atom stereocenters. The van der Waals surface area contributed by atoms with E-state index in [9.17, 15) is 43.2 Å². The van der Waals surface area contributed by atoms with E-state index in [2.05, 4.69) is 52.5 Å². The smallest absolute Gasteiger partial charge is 0.243 e. The maximum atomic E-state index is 14.1. The Morgan fingerprint density at radius 1 is 0.662 bits per heavy atom. The summed E-state index contributed by atoms with van der Waals surface area (Å²) in [5, 5.41) is 22.0. The summed E-state index contributed by atoms with van der Waals surface area (Å²) in [5.41, 5.74) is 24.7. The van der Waals surface area contributed by atoms with Gasteiger partial charge >= 0.3 is 0 Å². The molecule has 9 amide bonds. The lowest BCUT2D eigenvalue weighted by molar-refractivity contribution is -0.135. The van der Waals surface area contributed by atoms with Crippen molar-refractivity contribution in [1.82, 2.24) is 47.5 Å². The summed E-state index contributed by atoms with van der Waals surface area (Å²) in [6.07, 6.45) is 4.01. The minimum absolute atomic E-state index is 0.0430. The fourth-order valence-corrected chi connectivity index (χ4v) is 7.63. The summed E-state index contributed by atoms with van der Waals surface area (Å²) < 4.78 is 0. The minimum Gasteiger partial charge on any atom is -0.370 e. The van der Waals surface area contributed by atoms with Gasteiger partial charge < -0.3 is 70.5 Å². The van der Waals surface area contributed by atoms with E-state index in [1.54, 1.807) is 37.4 Å². The van der Waals surface area contributed by atoms with E-state index in [0.29, 0.717) is 38.6 Å². The second kappa shape index (κ2) is 30.8. The van der Waals surface area contributed by atoms with Crippen LogP contribution >= 0.6 is 0 Å². The molecule has 7 atom stereocenters. The maximum absolute atomic E-state index is 14.1. The Morgan fingerprint density at radius 2 is 1.25 bits per heavy atom. The van der Waals surface area contributed by atoms with Crippen LogP contribution in [0.1, 0.15) is 89.7 Å². The lowest BCUT2D eigenvalue weighted by Gasteiger charge is -2.27. The van der Waals surface area contributed by atoms with E-state index in [4.69, 9.17) is 22.9 Å². The Balaban J connectivity index is 1.74. The van der Waals surface area contributed by atoms with Gasteiger partial charge in [-0.1, -0.05) is 68.3 Å². The first-order valence-corrected chi connectivity index (χ1v) is 23.8. The highest BCUT2D eigenvalue weighted by molar-refractivity contribution is 5.96. The maximum Gasteiger partial charge on any atom is 0.243 e. The van der Waals surface area contributed by atoms with Crippen LogP contribution in [0.5, 0.6) is 0 Å². The highest BCUT2D eigenvalue weighted by Crippen LogP contribution is 2.19. The topological polar surface area (TPSA) is 382 Å². The number of nitrogens with zero attached hydrogens (tertiary/aromatic N) is 1. The van der Waals surface area contributed by atoms with E-state index in [0.717, 1.165) is 22.0 Å². The number of unbranched alkanes of at least 4 members (excludes halogenated alkanes) is 1. The highest BCUT2D eigenvalue weighted by atomic mass is 16.2. The van der Waals surface area contributed by atoms with Crippen LogP contribution in [0.15, 0.2) is 65.8 Å². The molecule has 0 aliphatic heterocycles. The number of H-pyrrole nitrogens is 1. The van der Waals surface area contributed by atoms with E-state index >= 15 is 0 Å². The van der Waals surface area contributed by atoms with Gasteiger partial charge in [0.1, 0.15) is 36.3 Å². The van der Waals surface area contributed by atoms with E-state index in [1.807, 2.05) is 37.3 Å². The van der Waals surface area contributed by atoms with Gasteiger partial charge in [-0.05, 0) is 69.2 Å². The fourth-order valence-electron chi connectivity index (χ4n) is 7.63. The summed E-state index contributed by atoms with van der Waals surface area (Å²) in [5.74, 6) is -5.41. The molecule has 23 nitrogen and oxygen atoms in total. The number of hydrogen-bond donors (Lipinski definition) is 13. The van der Waals surface area contributed by atoms with Gasteiger partial charge in [-0.3, -0.25) is 48.1 Å². The number of nitrogens with two attached hydrogens (primary N) is 4. The van der Waals surface area contributed by atoms with Crippen molar-refractivity contribution >= 4 is 70.5 Å². The number of carbonyl (C=O) groups excluding carboxylic acids is 9. The number of benzene rings is 2. The molecule has 3 rings (SSSR count). The van der Waals surface area contributed by atoms with Crippen molar-refractivity contribution in [3.63, 3.8) is 0 Å². The molecule has 0 bridgehead atoms. The second-order valence-electron chi connectivity index (χ2n) is 17.2. The average molecular weight is 989 g/mol. The number of aromatic amines is 1. The minimum atomic E-state index is -1.42. The molecule has 0 aliphatic rings. The monoisotopic (exact) mass is 989 g/mol. The van der Waals surface area contributed by atoms with Gasteiger partial charge in [0.2, 0.25) is 53.7 Å². The molecule has 0 aliphatic carbocycles. The number of aromatic nitrogens is 1. The van der Waals surface area contributed by atoms with E-state index in [-0.39, 0.29) is 70.0 Å². The fraction of sp³-hybridized carbons (Fsp3) is 0.500. The van der Waals surface area contributed by atoms with Crippen LogP contribution in [0.4, 0.5) is 0 Å². The standard InChI is InChI=1S/C48H72N14O9/c1-4-5-16-36(58-30(3)64)44(68)59-37(18-19-41(65)53-24-21-35(56-28-63)43(67)61-39(42(50)66)26-32-27-55-34-17-10-9-15-33(32)34)45(69)60-38(20-22-49)46(70)62-40(25-31-13-7-6-8-14-31)47(71)57-29(2)12-11-23-54-48(51)52/h6-10,13-15,17,27-29,35-40,55H,4-5,11-12,16,18-26,49H2,1-3H3,(H2,50,66)(H,53,65)(H,56,63)(H,57,71)(H,58,64)(H,59,68)(H,60,69)(H,61,67)(H,62,70)(H4,51,52,54)/t29-,35?,36+,37?,38+,39+,40?/m1/s1. The van der Waals surface area contributed by atoms with Crippen LogP contribution in [0.2, 0.25) is 0 Å². The summed E-state index contributed by atoms with van der Waals surface area (Å²) in [4.78, 5) is 125. The molecule has 0 saturated carbocycles. The van der Waals surface area contributed by atoms with Crippen molar-refractivity contribution < 1.29 is 43.2 Å². The van der Waals surface area contributed by atoms with Crippen molar-refractivity contribution in [3.05, 3.63) is 71.9 Å². The van der Waals surface area contributed by atoms with Crippen molar-refractivity contribution in [3.8, 4) is 0 Å². The van der Waals surface area contributed by atoms with Gasteiger partial charge in [-0.25, -0.2) is 0 Å². The first-order chi connectivity index (χ1) is 33.9. The number of guanidine groups is 1. The SMILES string of the molecule is CCCC[C@H](NC(C)=O)C(=O)NC(CCC(=O)NCCC(NC=O)C(=O)N[C@@H](Cc1c[nH]c2ccccc12)C(N)=O)C(=O)N[C@@H](CCN)C(=O)NC(Cc1ccccc1)C(=O)N[C@H](C)CCCN=C(N)N. The normalized spacial score (nSPS) is 13.9. The van der Waals surface area contributed by atoms with Crippen LogP contribution < -0.4 is 65.5 Å². The molecule has 1 heterocycles. The Bertz CT molecular complexity index is 2270. The Kier molecular flexibility index (Phi) is 25.1. The number of hydrogen-bond acceptors (Lipinski definition) is 11. The van der Waals surface area contributed by atoms with Crippen molar-refractivity contribution in [2.45, 2.75) is 134 Å². The van der Waals surface area contributed by atoms with Crippen LogP contribution in [0, 0.1) is 0 Å². The van der Waals surface area contributed by atoms with Crippen molar-refractivity contribution in [2.24, 2.45) is 27.9 Å². The quantitative estimate of drug-likeness (QED) is 0.0142. The predicted octanol–water partition coefficient (Wildman–Crippen LogP) is -1.62. The molecule has 3 aromatic rings. The number of rotatable bonds is 33. The summed E-state index contributed by atoms with van der Waals surface area (Å²) in [7, 11) is 0. The molecule has 388 valence electrons. The molecule has 17 N–H and O–H groups in total. The zero-order chi connectivity index (χ0) is 52.3. The third-order valence-electron chi connectivity index (χ3n) is 11.4. The highest BCUT2D eigenvalue weighted by Gasteiger charge is 2.32. The molecule has 0 saturated heterocycles. The Morgan fingerprint density at radius 3 is 1.87 bits per heavy atom. The van der Waals surface area contributed by atoms with Gasteiger partial charge in [0, 0.05) is 62.4 Å². The molecule has 0 fully saturated rings. The molecule has 0 radical (unpaired) electrons. The van der Waals surface area contributed by atoms with Gasteiger partial charge in [0.15, 0.2) is 5.96 Å². The summed E-state index contributed by atoms with van der Waals surface area (Å²) in [6, 6.07) is 8.95. The van der Waals surface area contributed by atoms with Crippen LogP contribution in [0.3, 0.4) is 0 Å². The van der Waals surface area contributed by atoms with Crippen molar-refractivity contribution in [2.75, 3.05) is 19.6 Å². The van der Waals surface area contributed by atoms with E-state index < -0.39 is 83.5 Å². The number of aliphatic imine (C=N–C) groups is 1. The zero-order valence-electron chi connectivity index (χ0n) is 40.7. The number of carbonyl (C=O) groups is 9. The molecule has 0 spiro atoms. The van der Waals surface area contributed by atoms with Crippen LogP contribution in [-0.2, 0) is 56.0 Å². The number of primary amides is 1. The Hall–Kier alpha value is -7.56. The number of fused-ring (bicyclic) bond motifs is 1. The van der Waals surface area contributed by atoms with E-state index in [1.165, 1.54) is 6.92 Å². The molecule has 2 aromatic carbocycles. The third kappa shape index (κ3) is 20.9. The number of para-hydroxylation sites is 1. The molecule has 23 heteroatoms. The first-order valence-electron chi connectivity index (χ1n) is 23.8. The molecular formula is C48H72N14O9. The lowest BCUT2D eigenvalue weighted by atomic mass is 10.0. The van der Waals surface area contributed by atoms with Gasteiger partial charge in [0.25, 0.3) is 0 Å². The zero-order valence-corrected chi connectivity index (χ0v) is 40.7. The van der Waals surface area contributed by atoms with Crippen molar-refractivity contribution in [1.29, 1.82) is 0 Å².